The van der Waals surface area contributed by atoms with Crippen molar-refractivity contribution >= 4 is 23.2 Å². The molecule has 1 unspecified atom stereocenters. The average molecular weight is 435 g/mol. The van der Waals surface area contributed by atoms with E-state index in [1.54, 1.807) is 28.4 Å². The van der Waals surface area contributed by atoms with E-state index in [9.17, 15) is 9.59 Å². The Balaban J connectivity index is 1.60. The molecule has 0 aliphatic carbocycles. The summed E-state index contributed by atoms with van der Waals surface area (Å²) in [6, 6.07) is 19.4. The fraction of sp³-hybridized carbons (Fsp3) is 0.280. The minimum absolute atomic E-state index is 0.126. The molecule has 2 heterocycles. The summed E-state index contributed by atoms with van der Waals surface area (Å²) in [5, 5.41) is 2.04. The number of nitrogens with zero attached hydrogens (tertiary/aromatic N) is 1. The van der Waals surface area contributed by atoms with Gasteiger partial charge in [0.25, 0.3) is 5.91 Å². The van der Waals surface area contributed by atoms with Gasteiger partial charge in [-0.15, -0.1) is 11.3 Å². The zero-order chi connectivity index (χ0) is 21.8. The molecule has 2 N–H and O–H groups in total. The maximum absolute atomic E-state index is 13.3. The van der Waals surface area contributed by atoms with E-state index in [-0.39, 0.29) is 11.8 Å². The van der Waals surface area contributed by atoms with Gasteiger partial charge in [-0.3, -0.25) is 9.59 Å². The molecule has 1 aliphatic heterocycles. The molecule has 0 saturated carbocycles. The number of thiophene rings is 1. The van der Waals surface area contributed by atoms with Crippen molar-refractivity contribution in [1.82, 2.24) is 4.90 Å². The maximum Gasteiger partial charge on any atom is 0.257 e. The third-order valence-corrected chi connectivity index (χ3v) is 6.82. The summed E-state index contributed by atoms with van der Waals surface area (Å²) in [6.45, 7) is 3.17. The fourth-order valence-corrected chi connectivity index (χ4v) is 5.07. The molecule has 0 bridgehead atoms. The van der Waals surface area contributed by atoms with Crippen LogP contribution >= 0.6 is 11.3 Å². The highest BCUT2D eigenvalue weighted by molar-refractivity contribution is 7.13. The Hall–Kier alpha value is -3.12. The number of para-hydroxylation sites is 1. The second-order valence-corrected chi connectivity index (χ2v) is 8.81. The van der Waals surface area contributed by atoms with E-state index in [4.69, 9.17) is 10.5 Å². The van der Waals surface area contributed by atoms with E-state index in [2.05, 4.69) is 18.2 Å². The van der Waals surface area contributed by atoms with Crippen LogP contribution in [-0.4, -0.2) is 36.4 Å². The Morgan fingerprint density at radius 2 is 1.87 bits per heavy atom. The highest BCUT2D eigenvalue weighted by Gasteiger charge is 2.45. The monoisotopic (exact) mass is 434 g/mol. The third kappa shape index (κ3) is 4.21. The Morgan fingerprint density at radius 3 is 2.61 bits per heavy atom. The summed E-state index contributed by atoms with van der Waals surface area (Å²) in [7, 11) is 0. The van der Waals surface area contributed by atoms with Crippen LogP contribution in [0.4, 0.5) is 0 Å². The zero-order valence-electron chi connectivity index (χ0n) is 17.5. The van der Waals surface area contributed by atoms with Crippen LogP contribution in [0.1, 0.15) is 29.3 Å². The summed E-state index contributed by atoms with van der Waals surface area (Å²) < 4.78 is 5.63. The number of carbonyl (C=O) groups is 2. The highest BCUT2D eigenvalue weighted by atomic mass is 32.1. The second-order valence-electron chi connectivity index (χ2n) is 7.86. The molecule has 2 aromatic carbocycles. The lowest BCUT2D eigenvalue weighted by Gasteiger charge is -2.27. The Labute approximate surface area is 186 Å². The number of amides is 2. The number of carbonyl (C=O) groups excluding carboxylic acids is 2. The third-order valence-electron chi connectivity index (χ3n) is 5.91. The van der Waals surface area contributed by atoms with E-state index in [1.165, 1.54) is 0 Å². The molecule has 160 valence electrons. The number of hydrogen-bond acceptors (Lipinski definition) is 4. The van der Waals surface area contributed by atoms with Gasteiger partial charge in [-0.2, -0.15) is 0 Å². The number of benzene rings is 2. The van der Waals surface area contributed by atoms with Gasteiger partial charge < -0.3 is 15.4 Å². The first-order valence-electron chi connectivity index (χ1n) is 10.5. The number of rotatable bonds is 7. The lowest BCUT2D eigenvalue weighted by Crippen LogP contribution is -2.42. The lowest BCUT2D eigenvalue weighted by atomic mass is 9.79. The predicted octanol–water partition coefficient (Wildman–Crippen LogP) is 4.37. The molecular weight excluding hydrogens is 408 g/mol. The predicted molar refractivity (Wildman–Crippen MR) is 123 cm³/mol. The van der Waals surface area contributed by atoms with E-state index < -0.39 is 5.41 Å². The van der Waals surface area contributed by atoms with Crippen LogP contribution in [0.15, 0.2) is 66.0 Å². The summed E-state index contributed by atoms with van der Waals surface area (Å²) in [4.78, 5) is 28.8. The van der Waals surface area contributed by atoms with Crippen LogP contribution in [-0.2, 0) is 11.2 Å². The van der Waals surface area contributed by atoms with E-state index >= 15 is 0 Å². The largest absolute Gasteiger partial charge is 0.493 e. The van der Waals surface area contributed by atoms with E-state index in [1.807, 2.05) is 42.6 Å². The maximum atomic E-state index is 13.3. The fourth-order valence-electron chi connectivity index (χ4n) is 4.28. The Bertz CT molecular complexity index is 1080. The molecule has 2 amide bonds. The van der Waals surface area contributed by atoms with Crippen molar-refractivity contribution in [2.45, 2.75) is 19.8 Å². The zero-order valence-corrected chi connectivity index (χ0v) is 18.4. The van der Waals surface area contributed by atoms with Crippen molar-refractivity contribution < 1.29 is 14.3 Å². The van der Waals surface area contributed by atoms with Crippen molar-refractivity contribution in [3.05, 3.63) is 77.2 Å². The Morgan fingerprint density at radius 1 is 1.10 bits per heavy atom. The van der Waals surface area contributed by atoms with Gasteiger partial charge in [0.2, 0.25) is 5.91 Å². The standard InChI is InChI=1S/C25H26N2O3S/c1-2-30-21-11-6-5-10-20(21)23(28)27-14-13-25(17-27,24(26)29)16-18-8-3-4-9-19(18)22-12-7-15-31-22/h3-12,15H,2,13-14,16-17H2,1H3,(H2,26,29). The normalized spacial score (nSPS) is 18.2. The van der Waals surface area contributed by atoms with Gasteiger partial charge in [0.15, 0.2) is 0 Å². The molecule has 0 radical (unpaired) electrons. The molecule has 6 heteroatoms. The van der Waals surface area contributed by atoms with Gasteiger partial charge in [-0.25, -0.2) is 0 Å². The van der Waals surface area contributed by atoms with Crippen molar-refractivity contribution in [3.63, 3.8) is 0 Å². The molecule has 31 heavy (non-hydrogen) atoms. The minimum Gasteiger partial charge on any atom is -0.493 e. The van der Waals surface area contributed by atoms with E-state index in [0.717, 1.165) is 16.0 Å². The molecule has 1 fully saturated rings. The number of hydrogen-bond donors (Lipinski definition) is 1. The van der Waals surface area contributed by atoms with Crippen molar-refractivity contribution in [2.75, 3.05) is 19.7 Å². The van der Waals surface area contributed by atoms with Crippen LogP contribution in [0.2, 0.25) is 0 Å². The van der Waals surface area contributed by atoms with Crippen LogP contribution in [0.25, 0.3) is 10.4 Å². The van der Waals surface area contributed by atoms with Crippen molar-refractivity contribution in [1.29, 1.82) is 0 Å². The van der Waals surface area contributed by atoms with Gasteiger partial charge in [-0.05, 0) is 54.5 Å². The molecular formula is C25H26N2O3S. The number of nitrogens with two attached hydrogens (primary N) is 1. The van der Waals surface area contributed by atoms with E-state index in [0.29, 0.717) is 43.9 Å². The van der Waals surface area contributed by atoms with Gasteiger partial charge in [-0.1, -0.05) is 42.5 Å². The molecule has 4 rings (SSSR count). The SMILES string of the molecule is CCOc1ccccc1C(=O)N1CCC(Cc2ccccc2-c2cccs2)(C(N)=O)C1. The molecule has 0 spiro atoms. The topological polar surface area (TPSA) is 72.6 Å². The van der Waals surface area contributed by atoms with Crippen LogP contribution < -0.4 is 10.5 Å². The molecule has 1 aliphatic rings. The summed E-state index contributed by atoms with van der Waals surface area (Å²) in [5.74, 6) is 0.0789. The number of likely N-dealkylation sites (tertiary alicyclic amines) is 1. The lowest BCUT2D eigenvalue weighted by molar-refractivity contribution is -0.126. The van der Waals surface area contributed by atoms with Crippen molar-refractivity contribution in [2.24, 2.45) is 11.1 Å². The summed E-state index contributed by atoms with van der Waals surface area (Å²) in [5.41, 5.74) is 7.85. The van der Waals surface area contributed by atoms with Crippen LogP contribution in [0.5, 0.6) is 5.75 Å². The quantitative estimate of drug-likeness (QED) is 0.600. The molecule has 3 aromatic rings. The Kier molecular flexibility index (Phi) is 6.09. The molecule has 5 nitrogen and oxygen atoms in total. The van der Waals surface area contributed by atoms with Gasteiger partial charge in [0.1, 0.15) is 5.75 Å². The van der Waals surface area contributed by atoms with Crippen LogP contribution in [0, 0.1) is 5.41 Å². The first-order chi connectivity index (χ1) is 15.0. The summed E-state index contributed by atoms with van der Waals surface area (Å²) >= 11 is 1.67. The van der Waals surface area contributed by atoms with Gasteiger partial charge in [0.05, 0.1) is 17.6 Å². The van der Waals surface area contributed by atoms with Gasteiger partial charge >= 0.3 is 0 Å². The molecule has 1 aromatic heterocycles. The number of ether oxygens (including phenoxy) is 1. The van der Waals surface area contributed by atoms with Crippen LogP contribution in [0.3, 0.4) is 0 Å². The second kappa shape index (κ2) is 8.94. The number of primary amides is 1. The van der Waals surface area contributed by atoms with Gasteiger partial charge in [0, 0.05) is 18.0 Å². The van der Waals surface area contributed by atoms with Crippen molar-refractivity contribution in [3.8, 4) is 16.2 Å². The first kappa shape index (κ1) is 21.1. The smallest absolute Gasteiger partial charge is 0.257 e. The highest BCUT2D eigenvalue weighted by Crippen LogP contribution is 2.38. The molecule has 1 saturated heterocycles. The first-order valence-corrected chi connectivity index (χ1v) is 11.3. The molecule has 1 atom stereocenters. The average Bonchev–Trinajstić information content (AvgIpc) is 3.46. The minimum atomic E-state index is -0.788. The summed E-state index contributed by atoms with van der Waals surface area (Å²) in [6.07, 6.45) is 1.05.